The van der Waals surface area contributed by atoms with E-state index >= 15 is 0 Å². The fourth-order valence-electron chi connectivity index (χ4n) is 2.96. The number of hydrogen-bond donors (Lipinski definition) is 3. The normalized spacial score (nSPS) is 12.5. The minimum Gasteiger partial charge on any atom is -0.389 e. The second kappa shape index (κ2) is 8.10. The lowest BCUT2D eigenvalue weighted by Crippen LogP contribution is -2.16. The Kier molecular flexibility index (Phi) is 5.35. The van der Waals surface area contributed by atoms with Crippen LogP contribution in [0.5, 0.6) is 0 Å². The van der Waals surface area contributed by atoms with Crippen molar-refractivity contribution in [1.29, 1.82) is 0 Å². The lowest BCUT2D eigenvalue weighted by Gasteiger charge is -2.15. The summed E-state index contributed by atoms with van der Waals surface area (Å²) in [7, 11) is -3.85. The molecule has 1 unspecified atom stereocenters. The Morgan fingerprint density at radius 1 is 0.833 bits per heavy atom. The van der Waals surface area contributed by atoms with Gasteiger partial charge in [0.25, 0.3) is 10.0 Å². The first-order chi connectivity index (χ1) is 14.4. The third kappa shape index (κ3) is 4.24. The van der Waals surface area contributed by atoms with Gasteiger partial charge < -0.3 is 10.4 Å². The topological polar surface area (TPSA) is 104 Å². The number of nitrogens with zero attached hydrogens (tertiary/aromatic N) is 2. The SMILES string of the molecule is CC(O)c1cccc(Nc2nc3ccccc3nc2NS(=O)(=O)c2ccccc2)c1. The molecule has 0 aliphatic carbocycles. The molecule has 3 aromatic carbocycles. The molecule has 1 aromatic heterocycles. The Bertz CT molecular complexity index is 1290. The fourth-order valence-corrected chi connectivity index (χ4v) is 3.99. The molecule has 7 nitrogen and oxygen atoms in total. The molecule has 0 spiro atoms. The lowest BCUT2D eigenvalue weighted by molar-refractivity contribution is 0.199. The van der Waals surface area contributed by atoms with Crippen molar-refractivity contribution in [2.75, 3.05) is 10.0 Å². The quantitative estimate of drug-likeness (QED) is 0.431. The Morgan fingerprint density at radius 3 is 2.13 bits per heavy atom. The number of aliphatic hydroxyl groups excluding tert-OH is 1. The van der Waals surface area contributed by atoms with Crippen molar-refractivity contribution < 1.29 is 13.5 Å². The summed E-state index contributed by atoms with van der Waals surface area (Å²) >= 11 is 0. The first kappa shape index (κ1) is 19.8. The number of para-hydroxylation sites is 2. The average molecular weight is 420 g/mol. The van der Waals surface area contributed by atoms with Crippen LogP contribution in [0.1, 0.15) is 18.6 Å². The lowest BCUT2D eigenvalue weighted by atomic mass is 10.1. The van der Waals surface area contributed by atoms with Crippen LogP contribution in [0, 0.1) is 0 Å². The van der Waals surface area contributed by atoms with Crippen molar-refractivity contribution in [2.24, 2.45) is 0 Å². The van der Waals surface area contributed by atoms with Crippen molar-refractivity contribution in [1.82, 2.24) is 9.97 Å². The highest BCUT2D eigenvalue weighted by molar-refractivity contribution is 7.92. The number of aliphatic hydroxyl groups is 1. The fraction of sp³-hybridized carbons (Fsp3) is 0.0909. The van der Waals surface area contributed by atoms with Crippen LogP contribution in [-0.4, -0.2) is 23.5 Å². The minimum atomic E-state index is -3.85. The third-order valence-corrected chi connectivity index (χ3v) is 5.84. The second-order valence-corrected chi connectivity index (χ2v) is 8.44. The number of aromatic nitrogens is 2. The summed E-state index contributed by atoms with van der Waals surface area (Å²) in [6.07, 6.45) is -0.634. The van der Waals surface area contributed by atoms with Crippen molar-refractivity contribution in [3.8, 4) is 0 Å². The second-order valence-electron chi connectivity index (χ2n) is 6.75. The zero-order valence-electron chi connectivity index (χ0n) is 16.1. The van der Waals surface area contributed by atoms with Crippen molar-refractivity contribution in [2.45, 2.75) is 17.9 Å². The molecule has 30 heavy (non-hydrogen) atoms. The Morgan fingerprint density at radius 2 is 1.47 bits per heavy atom. The smallest absolute Gasteiger partial charge is 0.263 e. The van der Waals surface area contributed by atoms with Crippen LogP contribution in [0.2, 0.25) is 0 Å². The summed E-state index contributed by atoms with van der Waals surface area (Å²) in [5.74, 6) is 0.343. The predicted octanol–water partition coefficient (Wildman–Crippen LogP) is 4.23. The van der Waals surface area contributed by atoms with Gasteiger partial charge in [0.15, 0.2) is 11.6 Å². The van der Waals surface area contributed by atoms with Crippen molar-refractivity contribution in [3.63, 3.8) is 0 Å². The van der Waals surface area contributed by atoms with Crippen molar-refractivity contribution >= 4 is 38.4 Å². The zero-order chi connectivity index (χ0) is 21.1. The highest BCUT2D eigenvalue weighted by atomic mass is 32.2. The monoisotopic (exact) mass is 420 g/mol. The summed E-state index contributed by atoms with van der Waals surface area (Å²) < 4.78 is 28.2. The molecule has 0 amide bonds. The van der Waals surface area contributed by atoms with Crippen LogP contribution in [-0.2, 0) is 10.0 Å². The van der Waals surface area contributed by atoms with Gasteiger partial charge in [-0.15, -0.1) is 0 Å². The highest BCUT2D eigenvalue weighted by Gasteiger charge is 2.19. The number of nitrogens with one attached hydrogen (secondary N) is 2. The zero-order valence-corrected chi connectivity index (χ0v) is 17.0. The van der Waals surface area contributed by atoms with Gasteiger partial charge in [-0.05, 0) is 48.9 Å². The Hall–Kier alpha value is -3.49. The van der Waals surface area contributed by atoms with Crippen LogP contribution in [0.4, 0.5) is 17.3 Å². The van der Waals surface area contributed by atoms with E-state index < -0.39 is 16.1 Å². The van der Waals surface area contributed by atoms with Crippen LogP contribution < -0.4 is 10.0 Å². The standard InChI is InChI=1S/C22H20N4O3S/c1-15(27)16-8-7-9-17(14-16)23-21-22(25-20-13-6-5-12-19(20)24-21)26-30(28,29)18-10-3-2-4-11-18/h2-15,27H,1H3,(H,23,24)(H,25,26). The molecule has 4 aromatic rings. The largest absolute Gasteiger partial charge is 0.389 e. The maximum absolute atomic E-state index is 12.8. The predicted molar refractivity (Wildman–Crippen MR) is 117 cm³/mol. The molecule has 8 heteroatoms. The first-order valence-electron chi connectivity index (χ1n) is 9.32. The van der Waals surface area contributed by atoms with Gasteiger partial charge in [0.2, 0.25) is 0 Å². The summed E-state index contributed by atoms with van der Waals surface area (Å²) in [6.45, 7) is 1.67. The maximum atomic E-state index is 12.8. The van der Waals surface area contributed by atoms with Gasteiger partial charge >= 0.3 is 0 Å². The maximum Gasteiger partial charge on any atom is 0.263 e. The molecule has 0 bridgehead atoms. The molecule has 0 aliphatic rings. The number of anilines is 3. The van der Waals surface area contributed by atoms with E-state index in [-0.39, 0.29) is 16.5 Å². The molecule has 0 saturated heterocycles. The van der Waals surface area contributed by atoms with Gasteiger partial charge in [0.05, 0.1) is 22.0 Å². The van der Waals surface area contributed by atoms with Crippen LogP contribution in [0.15, 0.2) is 83.8 Å². The van der Waals surface area contributed by atoms with E-state index in [9.17, 15) is 13.5 Å². The summed E-state index contributed by atoms with van der Waals surface area (Å²) in [6, 6.07) is 22.5. The van der Waals surface area contributed by atoms with E-state index in [1.165, 1.54) is 12.1 Å². The highest BCUT2D eigenvalue weighted by Crippen LogP contribution is 2.28. The molecule has 0 radical (unpaired) electrons. The van der Waals surface area contributed by atoms with Crippen LogP contribution >= 0.6 is 0 Å². The molecule has 1 atom stereocenters. The summed E-state index contributed by atoms with van der Waals surface area (Å²) in [4.78, 5) is 9.16. The molecule has 4 rings (SSSR count). The molecule has 0 fully saturated rings. The van der Waals surface area contributed by atoms with E-state index in [1.54, 1.807) is 61.5 Å². The van der Waals surface area contributed by atoms with Gasteiger partial charge in [-0.3, -0.25) is 4.72 Å². The van der Waals surface area contributed by atoms with Gasteiger partial charge in [-0.25, -0.2) is 18.4 Å². The van der Waals surface area contributed by atoms with E-state index in [0.29, 0.717) is 16.7 Å². The Labute approximate surface area is 174 Å². The summed E-state index contributed by atoms with van der Waals surface area (Å²) in [5.41, 5.74) is 2.55. The van der Waals surface area contributed by atoms with Gasteiger partial charge in [-0.1, -0.05) is 42.5 Å². The average Bonchev–Trinajstić information content (AvgIpc) is 2.75. The van der Waals surface area contributed by atoms with Gasteiger partial charge in [-0.2, -0.15) is 0 Å². The number of hydrogen-bond acceptors (Lipinski definition) is 6. The molecule has 0 aliphatic heterocycles. The molecule has 1 heterocycles. The molecular formula is C22H20N4O3S. The van der Waals surface area contributed by atoms with Crippen LogP contribution in [0.3, 0.4) is 0 Å². The number of benzene rings is 3. The molecule has 0 saturated carbocycles. The van der Waals surface area contributed by atoms with Gasteiger partial charge in [0.1, 0.15) is 0 Å². The minimum absolute atomic E-state index is 0.0833. The molecular weight excluding hydrogens is 400 g/mol. The number of rotatable bonds is 6. The van der Waals surface area contributed by atoms with E-state index in [4.69, 9.17) is 0 Å². The third-order valence-electron chi connectivity index (χ3n) is 4.49. The Balaban J connectivity index is 1.77. The number of fused-ring (bicyclic) bond motifs is 1. The van der Waals surface area contributed by atoms with Crippen molar-refractivity contribution in [3.05, 3.63) is 84.4 Å². The van der Waals surface area contributed by atoms with Gasteiger partial charge in [0, 0.05) is 5.69 Å². The van der Waals surface area contributed by atoms with E-state index in [1.807, 2.05) is 12.1 Å². The van der Waals surface area contributed by atoms with E-state index in [2.05, 4.69) is 20.0 Å². The van der Waals surface area contributed by atoms with Crippen LogP contribution in [0.25, 0.3) is 11.0 Å². The first-order valence-corrected chi connectivity index (χ1v) is 10.8. The van der Waals surface area contributed by atoms with E-state index in [0.717, 1.165) is 5.56 Å². The number of sulfonamides is 1. The molecule has 3 N–H and O–H groups in total. The molecule has 152 valence electrons. The summed E-state index contributed by atoms with van der Waals surface area (Å²) in [5, 5.41) is 13.0.